The van der Waals surface area contributed by atoms with Crippen LogP contribution < -0.4 is 10.6 Å². The Morgan fingerprint density at radius 3 is 2.81 bits per heavy atom. The van der Waals surface area contributed by atoms with Crippen molar-refractivity contribution in [2.75, 3.05) is 25.0 Å². The van der Waals surface area contributed by atoms with Crippen LogP contribution in [0.5, 0.6) is 0 Å². The van der Waals surface area contributed by atoms with Crippen LogP contribution in [-0.4, -0.2) is 36.6 Å². The molecule has 0 atom stereocenters. The number of ether oxygens (including phenoxy) is 1. The summed E-state index contributed by atoms with van der Waals surface area (Å²) in [5.41, 5.74) is -0.462. The number of carbonyl (C=O) groups excluding carboxylic acids is 1. The van der Waals surface area contributed by atoms with Gasteiger partial charge in [-0.15, -0.1) is 0 Å². The summed E-state index contributed by atoms with van der Waals surface area (Å²) in [7, 11) is 0. The molecule has 114 valence electrons. The highest BCUT2D eigenvalue weighted by atomic mass is 19.1. The number of nitrogens with zero attached hydrogens (tertiary/aromatic N) is 1. The Kier molecular flexibility index (Phi) is 5.18. The second-order valence-electron chi connectivity index (χ2n) is 4.73. The molecule has 0 saturated carbocycles. The predicted octanol–water partition coefficient (Wildman–Crippen LogP) is 1.44. The lowest BCUT2D eigenvalue weighted by Crippen LogP contribution is -2.34. The molecule has 1 fully saturated rings. The van der Waals surface area contributed by atoms with Gasteiger partial charge < -0.3 is 15.4 Å². The Hall–Kier alpha value is -2.06. The minimum atomic E-state index is -0.848. The Morgan fingerprint density at radius 2 is 2.19 bits per heavy atom. The fraction of sp³-hybridized carbons (Fsp3) is 0.462. The molecule has 1 aromatic carbocycles. The molecule has 1 amide bonds. The third-order valence-corrected chi connectivity index (χ3v) is 3.17. The Bertz CT molecular complexity index is 532. The van der Waals surface area contributed by atoms with Gasteiger partial charge in [-0.3, -0.25) is 14.9 Å². The number of piperidine rings is 1. The van der Waals surface area contributed by atoms with E-state index < -0.39 is 16.6 Å². The van der Waals surface area contributed by atoms with E-state index in [9.17, 15) is 19.3 Å². The largest absolute Gasteiger partial charge is 0.368 e. The van der Waals surface area contributed by atoms with Gasteiger partial charge in [0.2, 0.25) is 5.91 Å². The molecule has 7 nitrogen and oxygen atoms in total. The van der Waals surface area contributed by atoms with E-state index in [-0.39, 0.29) is 24.1 Å². The number of nitrogens with one attached hydrogen (secondary N) is 2. The van der Waals surface area contributed by atoms with Crippen molar-refractivity contribution in [1.29, 1.82) is 0 Å². The summed E-state index contributed by atoms with van der Waals surface area (Å²) in [4.78, 5) is 21.5. The second kappa shape index (κ2) is 7.09. The van der Waals surface area contributed by atoms with Crippen molar-refractivity contribution < 1.29 is 18.8 Å². The number of carbonyl (C=O) groups is 1. The maximum atomic E-state index is 13.6. The summed E-state index contributed by atoms with van der Waals surface area (Å²) in [6, 6.07) is 3.06. The lowest BCUT2D eigenvalue weighted by Gasteiger charge is -2.22. The van der Waals surface area contributed by atoms with Crippen LogP contribution in [0.25, 0.3) is 0 Å². The van der Waals surface area contributed by atoms with E-state index in [2.05, 4.69) is 10.6 Å². The highest BCUT2D eigenvalue weighted by molar-refractivity contribution is 5.91. The molecule has 0 aromatic heterocycles. The number of nitro benzene ring substituents is 1. The van der Waals surface area contributed by atoms with E-state index in [0.717, 1.165) is 44.1 Å². The second-order valence-corrected chi connectivity index (χ2v) is 4.73. The molecule has 21 heavy (non-hydrogen) atoms. The van der Waals surface area contributed by atoms with Gasteiger partial charge in [0.15, 0.2) is 5.82 Å². The lowest BCUT2D eigenvalue weighted by atomic mass is 10.1. The van der Waals surface area contributed by atoms with Crippen molar-refractivity contribution in [1.82, 2.24) is 5.32 Å². The number of anilines is 1. The number of hydrogen-bond acceptors (Lipinski definition) is 5. The van der Waals surface area contributed by atoms with E-state index in [1.165, 1.54) is 0 Å². The Balaban J connectivity index is 1.85. The highest BCUT2D eigenvalue weighted by Crippen LogP contribution is 2.20. The van der Waals surface area contributed by atoms with Gasteiger partial charge in [-0.25, -0.2) is 4.39 Å². The molecule has 0 unspecified atom stereocenters. The van der Waals surface area contributed by atoms with Crippen molar-refractivity contribution in [3.05, 3.63) is 34.1 Å². The molecular weight excluding hydrogens is 281 g/mol. The first-order chi connectivity index (χ1) is 10.1. The molecule has 1 aromatic rings. The number of rotatable bonds is 5. The maximum Gasteiger partial charge on any atom is 0.272 e. The van der Waals surface area contributed by atoms with Gasteiger partial charge in [0.1, 0.15) is 6.61 Å². The number of benzene rings is 1. The summed E-state index contributed by atoms with van der Waals surface area (Å²) in [5.74, 6) is -1.33. The standard InChI is InChI=1S/C13H16FN3O4/c14-11-7-9(17(19)20)1-2-12(11)16-13(18)8-21-10-3-5-15-6-4-10/h1-2,7,10,15H,3-6,8H2,(H,16,18). The maximum absolute atomic E-state index is 13.6. The molecule has 0 spiro atoms. The normalized spacial score (nSPS) is 15.7. The van der Waals surface area contributed by atoms with Crippen LogP contribution in [0.4, 0.5) is 15.8 Å². The molecule has 1 aliphatic heterocycles. The fourth-order valence-corrected chi connectivity index (χ4v) is 2.06. The molecular formula is C13H16FN3O4. The minimum absolute atomic E-state index is 0.0266. The molecule has 2 N–H and O–H groups in total. The van der Waals surface area contributed by atoms with Crippen LogP contribution in [-0.2, 0) is 9.53 Å². The zero-order chi connectivity index (χ0) is 15.2. The van der Waals surface area contributed by atoms with Crippen LogP contribution in [0.1, 0.15) is 12.8 Å². The summed E-state index contributed by atoms with van der Waals surface area (Å²) in [6.45, 7) is 1.54. The van der Waals surface area contributed by atoms with Gasteiger partial charge in [0.05, 0.1) is 22.8 Å². The molecule has 2 rings (SSSR count). The summed E-state index contributed by atoms with van der Waals surface area (Å²) >= 11 is 0. The van der Waals surface area contributed by atoms with Crippen molar-refractivity contribution >= 4 is 17.3 Å². The van der Waals surface area contributed by atoms with Gasteiger partial charge in [-0.2, -0.15) is 0 Å². The molecule has 0 aliphatic carbocycles. The summed E-state index contributed by atoms with van der Waals surface area (Å²) in [6.07, 6.45) is 1.69. The third kappa shape index (κ3) is 4.47. The van der Waals surface area contributed by atoms with E-state index in [1.807, 2.05) is 0 Å². The van der Waals surface area contributed by atoms with Gasteiger partial charge in [0.25, 0.3) is 5.69 Å². The molecule has 1 heterocycles. The van der Waals surface area contributed by atoms with E-state index in [4.69, 9.17) is 4.74 Å². The van der Waals surface area contributed by atoms with Crippen molar-refractivity contribution in [3.63, 3.8) is 0 Å². The number of hydrogen-bond donors (Lipinski definition) is 2. The average molecular weight is 297 g/mol. The number of halogens is 1. The number of amides is 1. The van der Waals surface area contributed by atoms with Crippen molar-refractivity contribution in [2.24, 2.45) is 0 Å². The monoisotopic (exact) mass is 297 g/mol. The average Bonchev–Trinajstić information content (AvgIpc) is 2.48. The van der Waals surface area contributed by atoms with E-state index >= 15 is 0 Å². The highest BCUT2D eigenvalue weighted by Gasteiger charge is 2.16. The SMILES string of the molecule is O=C(COC1CCNCC1)Nc1ccc([N+](=O)[O-])cc1F. The Labute approximate surface area is 120 Å². The Morgan fingerprint density at radius 1 is 1.48 bits per heavy atom. The number of non-ortho nitro benzene ring substituents is 1. The summed E-state index contributed by atoms with van der Waals surface area (Å²) in [5, 5.41) is 16.0. The van der Waals surface area contributed by atoms with Crippen LogP contribution in [0.15, 0.2) is 18.2 Å². The molecule has 1 saturated heterocycles. The third-order valence-electron chi connectivity index (χ3n) is 3.17. The van der Waals surface area contributed by atoms with E-state index in [1.54, 1.807) is 0 Å². The molecule has 0 bridgehead atoms. The zero-order valence-corrected chi connectivity index (χ0v) is 11.3. The van der Waals surface area contributed by atoms with Crippen LogP contribution in [0, 0.1) is 15.9 Å². The quantitative estimate of drug-likeness (QED) is 0.633. The summed E-state index contributed by atoms with van der Waals surface area (Å²) < 4.78 is 19.0. The predicted molar refractivity (Wildman–Crippen MR) is 73.5 cm³/mol. The lowest BCUT2D eigenvalue weighted by molar-refractivity contribution is -0.385. The first kappa shape index (κ1) is 15.3. The van der Waals surface area contributed by atoms with Crippen LogP contribution >= 0.6 is 0 Å². The molecule has 8 heteroatoms. The van der Waals surface area contributed by atoms with E-state index in [0.29, 0.717) is 0 Å². The van der Waals surface area contributed by atoms with Gasteiger partial charge >= 0.3 is 0 Å². The van der Waals surface area contributed by atoms with Crippen molar-refractivity contribution in [3.8, 4) is 0 Å². The first-order valence-corrected chi connectivity index (χ1v) is 6.62. The minimum Gasteiger partial charge on any atom is -0.368 e. The molecule has 1 aliphatic rings. The zero-order valence-electron chi connectivity index (χ0n) is 11.3. The van der Waals surface area contributed by atoms with Crippen molar-refractivity contribution in [2.45, 2.75) is 18.9 Å². The fourth-order valence-electron chi connectivity index (χ4n) is 2.06. The molecule has 0 radical (unpaired) electrons. The topological polar surface area (TPSA) is 93.5 Å². The van der Waals surface area contributed by atoms with Gasteiger partial charge in [0, 0.05) is 6.07 Å². The number of nitro groups is 1. The first-order valence-electron chi connectivity index (χ1n) is 6.62. The van der Waals surface area contributed by atoms with Gasteiger partial charge in [-0.05, 0) is 32.0 Å². The van der Waals surface area contributed by atoms with Crippen LogP contribution in [0.2, 0.25) is 0 Å². The van der Waals surface area contributed by atoms with Gasteiger partial charge in [-0.1, -0.05) is 0 Å². The van der Waals surface area contributed by atoms with Crippen LogP contribution in [0.3, 0.4) is 0 Å². The smallest absolute Gasteiger partial charge is 0.272 e.